The molecule has 0 bridgehead atoms. The molecule has 24 heavy (non-hydrogen) atoms. The first-order valence-corrected chi connectivity index (χ1v) is 8.70. The number of benzene rings is 1. The number of hydrogen-bond donors (Lipinski definition) is 1. The van der Waals surface area contributed by atoms with Crippen molar-refractivity contribution in [2.45, 2.75) is 0 Å². The molecule has 1 aromatic carbocycles. The molecular weight excluding hydrogens is 364 g/mol. The third kappa shape index (κ3) is 3.95. The van der Waals surface area contributed by atoms with E-state index < -0.39 is 5.97 Å². The third-order valence-corrected chi connectivity index (χ3v) is 5.24. The maximum atomic E-state index is 11.7. The number of carbonyl (C=O) groups excluding carboxylic acids is 1. The van der Waals surface area contributed by atoms with Gasteiger partial charge in [0.25, 0.3) is 0 Å². The number of esters is 1. The Kier molecular flexibility index (Phi) is 6.36. The summed E-state index contributed by atoms with van der Waals surface area (Å²) >= 11 is 13.0. The van der Waals surface area contributed by atoms with Crippen LogP contribution in [-0.4, -0.2) is 36.2 Å². The quantitative estimate of drug-likeness (QED) is 0.446. The summed E-state index contributed by atoms with van der Waals surface area (Å²) < 4.78 is 5.63. The fraction of sp³-hybridized carbons (Fsp3) is 0.176. The lowest BCUT2D eigenvalue weighted by molar-refractivity contribution is 0.0606. The monoisotopic (exact) mass is 380 g/mol. The minimum atomic E-state index is -0.436. The topological polar surface area (TPSA) is 41.6 Å². The van der Waals surface area contributed by atoms with Crippen LogP contribution in [0.3, 0.4) is 0 Å². The molecule has 0 fully saturated rings. The van der Waals surface area contributed by atoms with E-state index in [-0.39, 0.29) is 0 Å². The second-order valence-corrected chi connectivity index (χ2v) is 6.68. The van der Waals surface area contributed by atoms with Crippen LogP contribution in [0, 0.1) is 0 Å². The first-order valence-electron chi connectivity index (χ1n) is 7.09. The lowest BCUT2D eigenvalue weighted by atomic mass is 10.2. The van der Waals surface area contributed by atoms with Crippen LogP contribution in [0.1, 0.15) is 9.67 Å². The number of thiocarbonyl (C=S) groups is 1. The van der Waals surface area contributed by atoms with E-state index in [1.165, 1.54) is 18.4 Å². The molecule has 0 saturated heterocycles. The molecule has 126 valence electrons. The SMILES string of the molecule is C=CCN(CC=C)C(=S)Nc1ccc2c(Cl)c(C(=O)OC)sc2c1. The highest BCUT2D eigenvalue weighted by atomic mass is 35.5. The second kappa shape index (κ2) is 8.28. The van der Waals surface area contributed by atoms with Crippen molar-refractivity contribution in [3.05, 3.63) is 53.4 Å². The summed E-state index contributed by atoms with van der Waals surface area (Å²) in [6.07, 6.45) is 3.56. The number of methoxy groups -OCH3 is 1. The first-order chi connectivity index (χ1) is 11.5. The van der Waals surface area contributed by atoms with Gasteiger partial charge in [-0.05, 0) is 30.4 Å². The van der Waals surface area contributed by atoms with Crippen LogP contribution < -0.4 is 5.32 Å². The Morgan fingerprint density at radius 1 is 1.42 bits per heavy atom. The summed E-state index contributed by atoms with van der Waals surface area (Å²) in [6.45, 7) is 8.70. The zero-order valence-corrected chi connectivity index (χ0v) is 15.6. The lowest BCUT2D eigenvalue weighted by Gasteiger charge is -2.23. The second-order valence-electron chi connectivity index (χ2n) is 4.86. The van der Waals surface area contributed by atoms with Crippen LogP contribution in [0.25, 0.3) is 10.1 Å². The van der Waals surface area contributed by atoms with Crippen LogP contribution >= 0.6 is 35.2 Å². The predicted molar refractivity (Wildman–Crippen MR) is 106 cm³/mol. The number of thiophene rings is 1. The van der Waals surface area contributed by atoms with Crippen molar-refractivity contribution in [3.63, 3.8) is 0 Å². The van der Waals surface area contributed by atoms with E-state index in [1.54, 1.807) is 12.2 Å². The highest BCUT2D eigenvalue weighted by Crippen LogP contribution is 2.37. The van der Waals surface area contributed by atoms with Crippen LogP contribution in [-0.2, 0) is 4.74 Å². The van der Waals surface area contributed by atoms with Crippen LogP contribution in [0.15, 0.2) is 43.5 Å². The minimum Gasteiger partial charge on any atom is -0.465 e. The molecule has 1 aromatic heterocycles. The van der Waals surface area contributed by atoms with Gasteiger partial charge < -0.3 is 15.0 Å². The van der Waals surface area contributed by atoms with Crippen molar-refractivity contribution in [1.29, 1.82) is 0 Å². The van der Waals surface area contributed by atoms with Gasteiger partial charge in [-0.1, -0.05) is 23.8 Å². The Labute approximate surface area is 155 Å². The van der Waals surface area contributed by atoms with Gasteiger partial charge in [0.05, 0.1) is 12.1 Å². The molecule has 0 aliphatic rings. The Morgan fingerprint density at radius 2 is 2.08 bits per heavy atom. The van der Waals surface area contributed by atoms with Crippen LogP contribution in [0.2, 0.25) is 5.02 Å². The number of hydrogen-bond acceptors (Lipinski definition) is 4. The summed E-state index contributed by atoms with van der Waals surface area (Å²) in [6, 6.07) is 5.63. The van der Waals surface area contributed by atoms with E-state index in [0.717, 1.165) is 15.8 Å². The zero-order chi connectivity index (χ0) is 17.7. The van der Waals surface area contributed by atoms with Crippen molar-refractivity contribution >= 4 is 62.0 Å². The molecular formula is C17H17ClN2O2S2. The maximum Gasteiger partial charge on any atom is 0.349 e. The molecule has 0 aliphatic carbocycles. The number of halogens is 1. The Hall–Kier alpha value is -1.89. The molecule has 1 heterocycles. The summed E-state index contributed by atoms with van der Waals surface area (Å²) in [5, 5.41) is 4.98. The highest BCUT2D eigenvalue weighted by Gasteiger charge is 2.18. The van der Waals surface area contributed by atoms with Gasteiger partial charge in [0.15, 0.2) is 5.11 Å². The number of fused-ring (bicyclic) bond motifs is 1. The maximum absolute atomic E-state index is 11.7. The van der Waals surface area contributed by atoms with Crippen molar-refractivity contribution in [1.82, 2.24) is 4.90 Å². The number of rotatable bonds is 6. The largest absolute Gasteiger partial charge is 0.465 e. The van der Waals surface area contributed by atoms with Gasteiger partial charge in [0.1, 0.15) is 4.88 Å². The van der Waals surface area contributed by atoms with Crippen LogP contribution in [0.5, 0.6) is 0 Å². The first kappa shape index (κ1) is 18.4. The smallest absolute Gasteiger partial charge is 0.349 e. The fourth-order valence-corrected chi connectivity index (χ4v) is 3.85. The number of anilines is 1. The van der Waals surface area contributed by atoms with E-state index in [0.29, 0.717) is 28.1 Å². The summed E-state index contributed by atoms with van der Waals surface area (Å²) in [7, 11) is 1.34. The molecule has 0 radical (unpaired) electrons. The van der Waals surface area contributed by atoms with Gasteiger partial charge in [0, 0.05) is 28.9 Å². The van der Waals surface area contributed by atoms with Gasteiger partial charge in [-0.25, -0.2) is 4.79 Å². The highest BCUT2D eigenvalue weighted by molar-refractivity contribution is 7.80. The average molecular weight is 381 g/mol. The molecule has 2 aromatic rings. The molecule has 0 spiro atoms. The molecule has 0 aliphatic heterocycles. The van der Waals surface area contributed by atoms with E-state index in [9.17, 15) is 4.79 Å². The molecule has 2 rings (SSSR count). The van der Waals surface area contributed by atoms with Crippen molar-refractivity contribution in [2.75, 3.05) is 25.5 Å². The number of nitrogens with one attached hydrogen (secondary N) is 1. The predicted octanol–water partition coefficient (Wildman–Crippen LogP) is 4.71. The van der Waals surface area contributed by atoms with Gasteiger partial charge in [-0.15, -0.1) is 24.5 Å². The minimum absolute atomic E-state index is 0.397. The van der Waals surface area contributed by atoms with Gasteiger partial charge in [-0.2, -0.15) is 0 Å². The summed E-state index contributed by atoms with van der Waals surface area (Å²) in [5.74, 6) is -0.436. The number of ether oxygens (including phenoxy) is 1. The van der Waals surface area contributed by atoms with Gasteiger partial charge in [0.2, 0.25) is 0 Å². The molecule has 4 nitrogen and oxygen atoms in total. The Balaban J connectivity index is 2.27. The normalized spacial score (nSPS) is 10.2. The van der Waals surface area contributed by atoms with Crippen molar-refractivity contribution in [3.8, 4) is 0 Å². The molecule has 0 amide bonds. The number of nitrogens with zero attached hydrogens (tertiary/aromatic N) is 1. The fourth-order valence-electron chi connectivity index (χ4n) is 2.12. The van der Waals surface area contributed by atoms with Gasteiger partial charge >= 0.3 is 5.97 Å². The number of carbonyl (C=O) groups is 1. The standard InChI is InChI=1S/C17H17ClN2O2S2/c1-4-8-20(9-5-2)17(23)19-11-6-7-12-13(10-11)24-15(14(12)18)16(21)22-3/h4-7,10H,1-2,8-9H2,3H3,(H,19,23). The van der Waals surface area contributed by atoms with E-state index in [2.05, 4.69) is 18.5 Å². The lowest BCUT2D eigenvalue weighted by Crippen LogP contribution is -2.34. The van der Waals surface area contributed by atoms with Crippen molar-refractivity contribution in [2.24, 2.45) is 0 Å². The van der Waals surface area contributed by atoms with E-state index in [1.807, 2.05) is 23.1 Å². The average Bonchev–Trinajstić information content (AvgIpc) is 2.90. The summed E-state index contributed by atoms with van der Waals surface area (Å²) in [5.41, 5.74) is 0.819. The Bertz CT molecular complexity index is 791. The zero-order valence-electron chi connectivity index (χ0n) is 13.2. The van der Waals surface area contributed by atoms with Crippen LogP contribution in [0.4, 0.5) is 5.69 Å². The van der Waals surface area contributed by atoms with Gasteiger partial charge in [-0.3, -0.25) is 0 Å². The molecule has 0 unspecified atom stereocenters. The molecule has 0 saturated carbocycles. The third-order valence-electron chi connectivity index (χ3n) is 3.24. The molecule has 0 atom stereocenters. The summed E-state index contributed by atoms with van der Waals surface area (Å²) in [4.78, 5) is 14.1. The molecule has 7 heteroatoms. The van der Waals surface area contributed by atoms with E-state index in [4.69, 9.17) is 28.6 Å². The van der Waals surface area contributed by atoms with E-state index >= 15 is 0 Å². The Morgan fingerprint density at radius 3 is 2.67 bits per heavy atom. The van der Waals surface area contributed by atoms with Crippen molar-refractivity contribution < 1.29 is 9.53 Å². The molecule has 1 N–H and O–H groups in total.